The quantitative estimate of drug-likeness (QED) is 0.672. The first kappa shape index (κ1) is 18.4. The highest BCUT2D eigenvalue weighted by molar-refractivity contribution is 5.80. The van der Waals surface area contributed by atoms with E-state index in [2.05, 4.69) is 29.1 Å². The first-order valence-electron chi connectivity index (χ1n) is 7.93. The van der Waals surface area contributed by atoms with Crippen molar-refractivity contribution in [3.63, 3.8) is 0 Å². The van der Waals surface area contributed by atoms with Crippen LogP contribution in [0.2, 0.25) is 0 Å². The first-order valence-corrected chi connectivity index (χ1v) is 7.93. The van der Waals surface area contributed by atoms with E-state index in [4.69, 9.17) is 4.74 Å². The Bertz CT molecular complexity index is 585. The summed E-state index contributed by atoms with van der Waals surface area (Å²) in [5, 5.41) is 3.26. The third kappa shape index (κ3) is 5.62. The predicted molar refractivity (Wildman–Crippen MR) is 88.2 cm³/mol. The van der Waals surface area contributed by atoms with Crippen LogP contribution in [0, 0.1) is 5.41 Å². The summed E-state index contributed by atoms with van der Waals surface area (Å²) in [6.45, 7) is 5.52. The number of nitrogens with one attached hydrogen (secondary N) is 1. The van der Waals surface area contributed by atoms with E-state index in [-0.39, 0.29) is 11.2 Å². The number of nitrogens with zero attached hydrogens (tertiary/aromatic N) is 2. The molecule has 0 atom stereocenters. The maximum Gasteiger partial charge on any atom is 0.422 e. The minimum absolute atomic E-state index is 0.212. The second-order valence-corrected chi connectivity index (χ2v) is 6.79. The van der Waals surface area contributed by atoms with Crippen LogP contribution in [0.3, 0.4) is 0 Å². The summed E-state index contributed by atoms with van der Waals surface area (Å²) >= 11 is 0. The van der Waals surface area contributed by atoms with Crippen LogP contribution in [-0.4, -0.2) is 43.8 Å². The van der Waals surface area contributed by atoms with Gasteiger partial charge in [0.1, 0.15) is 5.75 Å². The Balaban J connectivity index is 1.91. The fraction of sp³-hybridized carbons (Fsp3) is 0.588. The summed E-state index contributed by atoms with van der Waals surface area (Å²) in [5.74, 6) is 1.02. The fourth-order valence-corrected chi connectivity index (χ4v) is 2.72. The number of rotatable bonds is 4. The number of likely N-dealkylation sites (tertiary alicyclic amines) is 1. The van der Waals surface area contributed by atoms with E-state index in [0.717, 1.165) is 31.0 Å². The molecule has 1 saturated heterocycles. The Hall–Kier alpha value is -1.92. The van der Waals surface area contributed by atoms with Gasteiger partial charge in [0, 0.05) is 26.7 Å². The number of benzene rings is 1. The highest BCUT2D eigenvalue weighted by Crippen LogP contribution is 2.28. The van der Waals surface area contributed by atoms with E-state index in [1.54, 1.807) is 19.2 Å². The Kier molecular flexibility index (Phi) is 5.62. The van der Waals surface area contributed by atoms with Gasteiger partial charge in [-0.2, -0.15) is 13.2 Å². The molecule has 0 unspecified atom stereocenters. The molecule has 7 heteroatoms. The van der Waals surface area contributed by atoms with Crippen molar-refractivity contribution in [1.82, 2.24) is 10.2 Å². The van der Waals surface area contributed by atoms with Gasteiger partial charge in [-0.3, -0.25) is 4.99 Å². The summed E-state index contributed by atoms with van der Waals surface area (Å²) < 4.78 is 41.4. The number of alkyl halides is 3. The Morgan fingerprint density at radius 2 is 2.12 bits per heavy atom. The minimum atomic E-state index is -4.33. The zero-order valence-corrected chi connectivity index (χ0v) is 14.3. The number of halogens is 3. The lowest BCUT2D eigenvalue weighted by Crippen LogP contribution is -2.40. The molecule has 1 fully saturated rings. The van der Waals surface area contributed by atoms with E-state index in [1.165, 1.54) is 6.07 Å². The van der Waals surface area contributed by atoms with Crippen molar-refractivity contribution in [2.24, 2.45) is 10.4 Å². The van der Waals surface area contributed by atoms with Crippen LogP contribution in [0.5, 0.6) is 5.75 Å². The van der Waals surface area contributed by atoms with Gasteiger partial charge < -0.3 is 15.0 Å². The number of hydrogen-bond acceptors (Lipinski definition) is 2. The van der Waals surface area contributed by atoms with Crippen molar-refractivity contribution in [1.29, 1.82) is 0 Å². The molecular weight excluding hydrogens is 319 g/mol. The molecule has 4 nitrogen and oxygen atoms in total. The standard InChI is InChI=1S/C17H24F3N3O/c1-16(2)7-8-23(11-16)15(21-3)22-10-13-5-4-6-14(9-13)24-12-17(18,19)20/h4-6,9H,7-8,10-12H2,1-3H3,(H,21,22). The molecule has 134 valence electrons. The molecule has 0 bridgehead atoms. The van der Waals surface area contributed by atoms with Crippen LogP contribution in [0.1, 0.15) is 25.8 Å². The molecule has 1 aliphatic heterocycles. The molecule has 24 heavy (non-hydrogen) atoms. The molecule has 1 aliphatic rings. The van der Waals surface area contributed by atoms with E-state index in [1.807, 2.05) is 6.07 Å². The summed E-state index contributed by atoms with van der Waals surface area (Å²) in [7, 11) is 1.73. The molecule has 2 rings (SSSR count). The van der Waals surface area contributed by atoms with Gasteiger partial charge in [0.15, 0.2) is 12.6 Å². The SMILES string of the molecule is CN=C(NCc1cccc(OCC(F)(F)F)c1)N1CCC(C)(C)C1. The maximum absolute atomic E-state index is 12.2. The Morgan fingerprint density at radius 1 is 1.38 bits per heavy atom. The third-order valence-corrected chi connectivity index (χ3v) is 3.94. The van der Waals surface area contributed by atoms with Gasteiger partial charge in [-0.05, 0) is 29.5 Å². The molecule has 1 N–H and O–H groups in total. The van der Waals surface area contributed by atoms with Crippen molar-refractivity contribution in [2.45, 2.75) is 33.0 Å². The molecule has 0 aliphatic carbocycles. The second kappa shape index (κ2) is 7.32. The number of ether oxygens (including phenoxy) is 1. The third-order valence-electron chi connectivity index (χ3n) is 3.94. The lowest BCUT2D eigenvalue weighted by Gasteiger charge is -2.23. The van der Waals surface area contributed by atoms with E-state index >= 15 is 0 Å². The van der Waals surface area contributed by atoms with Crippen LogP contribution in [0.4, 0.5) is 13.2 Å². The van der Waals surface area contributed by atoms with Gasteiger partial charge in [-0.15, -0.1) is 0 Å². The Labute approximate surface area is 140 Å². The number of aliphatic imine (C=N–C) groups is 1. The maximum atomic E-state index is 12.2. The minimum Gasteiger partial charge on any atom is -0.484 e. The van der Waals surface area contributed by atoms with E-state index < -0.39 is 12.8 Å². The highest BCUT2D eigenvalue weighted by Gasteiger charge is 2.31. The molecule has 1 heterocycles. The molecule has 0 radical (unpaired) electrons. The first-order chi connectivity index (χ1) is 11.2. The average Bonchev–Trinajstić information content (AvgIpc) is 2.86. The van der Waals surface area contributed by atoms with E-state index in [0.29, 0.717) is 6.54 Å². The lowest BCUT2D eigenvalue weighted by molar-refractivity contribution is -0.153. The Morgan fingerprint density at radius 3 is 2.71 bits per heavy atom. The largest absolute Gasteiger partial charge is 0.484 e. The van der Waals surface area contributed by atoms with Crippen LogP contribution in [0.15, 0.2) is 29.3 Å². The van der Waals surface area contributed by atoms with Gasteiger partial charge in [0.05, 0.1) is 0 Å². The number of guanidine groups is 1. The van der Waals surface area contributed by atoms with Crippen LogP contribution >= 0.6 is 0 Å². The fourth-order valence-electron chi connectivity index (χ4n) is 2.72. The molecule has 0 spiro atoms. The van der Waals surface area contributed by atoms with E-state index in [9.17, 15) is 13.2 Å². The van der Waals surface area contributed by atoms with Crippen molar-refractivity contribution in [3.05, 3.63) is 29.8 Å². The zero-order valence-electron chi connectivity index (χ0n) is 14.3. The summed E-state index contributed by atoms with van der Waals surface area (Å²) in [5.41, 5.74) is 1.11. The van der Waals surface area contributed by atoms with Crippen LogP contribution in [0.25, 0.3) is 0 Å². The van der Waals surface area contributed by atoms with Crippen molar-refractivity contribution < 1.29 is 17.9 Å². The van der Waals surface area contributed by atoms with Gasteiger partial charge in [0.2, 0.25) is 0 Å². The second-order valence-electron chi connectivity index (χ2n) is 6.79. The molecule has 0 aromatic heterocycles. The zero-order chi connectivity index (χ0) is 17.8. The molecule has 0 amide bonds. The summed E-state index contributed by atoms with van der Waals surface area (Å²) in [4.78, 5) is 6.49. The predicted octanol–water partition coefficient (Wildman–Crippen LogP) is 3.44. The van der Waals surface area contributed by atoms with Crippen LogP contribution < -0.4 is 10.1 Å². The van der Waals surface area contributed by atoms with Gasteiger partial charge >= 0.3 is 6.18 Å². The molecule has 0 saturated carbocycles. The van der Waals surface area contributed by atoms with Crippen molar-refractivity contribution in [3.8, 4) is 5.75 Å². The average molecular weight is 343 g/mol. The summed E-state index contributed by atoms with van der Waals surface area (Å²) in [6.07, 6.45) is -3.23. The topological polar surface area (TPSA) is 36.9 Å². The van der Waals surface area contributed by atoms with Crippen molar-refractivity contribution >= 4 is 5.96 Å². The normalized spacial score (nSPS) is 17.9. The van der Waals surface area contributed by atoms with Crippen molar-refractivity contribution in [2.75, 3.05) is 26.7 Å². The van der Waals surface area contributed by atoms with Gasteiger partial charge in [-0.25, -0.2) is 0 Å². The molecule has 1 aromatic rings. The van der Waals surface area contributed by atoms with Gasteiger partial charge in [-0.1, -0.05) is 26.0 Å². The van der Waals surface area contributed by atoms with Crippen LogP contribution in [-0.2, 0) is 6.54 Å². The molecule has 1 aromatic carbocycles. The number of hydrogen-bond donors (Lipinski definition) is 1. The monoisotopic (exact) mass is 343 g/mol. The van der Waals surface area contributed by atoms with Gasteiger partial charge in [0.25, 0.3) is 0 Å². The highest BCUT2D eigenvalue weighted by atomic mass is 19.4. The molecular formula is C17H24F3N3O. The smallest absolute Gasteiger partial charge is 0.422 e. The lowest BCUT2D eigenvalue weighted by atomic mass is 9.93. The summed E-state index contributed by atoms with van der Waals surface area (Å²) in [6, 6.07) is 6.66.